The molecule has 12 heavy (non-hydrogen) atoms. The van der Waals surface area contributed by atoms with Gasteiger partial charge in [-0.1, -0.05) is 6.92 Å². The molecule has 0 saturated carbocycles. The summed E-state index contributed by atoms with van der Waals surface area (Å²) in [5, 5.41) is 5.98. The van der Waals surface area contributed by atoms with Crippen molar-refractivity contribution in [1.82, 2.24) is 10.6 Å². The average molecular weight is 172 g/mol. The fourth-order valence-electron chi connectivity index (χ4n) is 1.38. The van der Waals surface area contributed by atoms with Crippen LogP contribution in [-0.4, -0.2) is 32.8 Å². The van der Waals surface area contributed by atoms with Gasteiger partial charge in [0.25, 0.3) is 0 Å². The van der Waals surface area contributed by atoms with Crippen molar-refractivity contribution in [3.63, 3.8) is 0 Å². The maximum atomic E-state index is 10.8. The lowest BCUT2D eigenvalue weighted by molar-refractivity contribution is 0.165. The first kappa shape index (κ1) is 9.32. The molecule has 1 atom stereocenters. The third-order valence-corrected chi connectivity index (χ3v) is 2.30. The predicted molar refractivity (Wildman–Crippen MR) is 46.0 cm³/mol. The van der Waals surface area contributed by atoms with Gasteiger partial charge in [-0.05, 0) is 18.4 Å². The van der Waals surface area contributed by atoms with Crippen LogP contribution in [0.15, 0.2) is 0 Å². The summed E-state index contributed by atoms with van der Waals surface area (Å²) in [4.78, 5) is 10.8. The second kappa shape index (κ2) is 3.76. The molecule has 1 fully saturated rings. The van der Waals surface area contributed by atoms with E-state index >= 15 is 0 Å². The maximum absolute atomic E-state index is 10.8. The highest BCUT2D eigenvalue weighted by Gasteiger charge is 2.28. The molecule has 1 amide bonds. The molecule has 4 heteroatoms. The Labute approximate surface area is 72.7 Å². The van der Waals surface area contributed by atoms with Crippen LogP contribution in [0.25, 0.3) is 0 Å². The molecule has 2 N–H and O–H groups in total. The quantitative estimate of drug-likeness (QED) is 0.631. The summed E-state index contributed by atoms with van der Waals surface area (Å²) in [7, 11) is 1.38. The highest BCUT2D eigenvalue weighted by molar-refractivity contribution is 5.66. The molecular formula is C8H16N2O2. The topological polar surface area (TPSA) is 50.4 Å². The van der Waals surface area contributed by atoms with Crippen molar-refractivity contribution < 1.29 is 9.53 Å². The number of carbonyl (C=O) groups excluding carboxylic acids is 1. The smallest absolute Gasteiger partial charge is 0.406 e. The van der Waals surface area contributed by atoms with E-state index in [2.05, 4.69) is 22.3 Å². The van der Waals surface area contributed by atoms with Gasteiger partial charge in [0.05, 0.1) is 7.11 Å². The summed E-state index contributed by atoms with van der Waals surface area (Å²) in [5.74, 6) is 0. The Morgan fingerprint density at radius 2 is 2.50 bits per heavy atom. The van der Waals surface area contributed by atoms with Crippen molar-refractivity contribution in [2.45, 2.75) is 13.3 Å². The fraction of sp³-hybridized carbons (Fsp3) is 0.875. The molecule has 0 aromatic heterocycles. The number of ether oxygens (including phenoxy) is 1. The van der Waals surface area contributed by atoms with E-state index in [0.29, 0.717) is 6.54 Å². The Morgan fingerprint density at radius 1 is 1.75 bits per heavy atom. The number of hydrogen-bond acceptors (Lipinski definition) is 3. The van der Waals surface area contributed by atoms with Gasteiger partial charge in [-0.3, -0.25) is 0 Å². The number of rotatable bonds is 2. The third kappa shape index (κ3) is 2.37. The standard InChI is InChI=1S/C8H16N2O2/c1-8(3-4-9-5-8)6-10-7(11)12-2/h9H,3-6H2,1-2H3,(H,10,11). The number of methoxy groups -OCH3 is 1. The van der Waals surface area contributed by atoms with Crippen LogP contribution >= 0.6 is 0 Å². The van der Waals surface area contributed by atoms with E-state index in [1.165, 1.54) is 7.11 Å². The molecule has 0 aromatic carbocycles. The lowest BCUT2D eigenvalue weighted by Gasteiger charge is -2.22. The fourth-order valence-corrected chi connectivity index (χ4v) is 1.38. The van der Waals surface area contributed by atoms with Crippen LogP contribution in [0, 0.1) is 5.41 Å². The van der Waals surface area contributed by atoms with Crippen molar-refractivity contribution in [3.05, 3.63) is 0 Å². The van der Waals surface area contributed by atoms with Gasteiger partial charge in [-0.15, -0.1) is 0 Å². The van der Waals surface area contributed by atoms with E-state index in [9.17, 15) is 4.79 Å². The average Bonchev–Trinajstić information content (AvgIpc) is 2.49. The van der Waals surface area contributed by atoms with E-state index < -0.39 is 0 Å². The summed E-state index contributed by atoms with van der Waals surface area (Å²) in [6.07, 6.45) is 0.764. The number of amides is 1. The van der Waals surface area contributed by atoms with Crippen LogP contribution in [0.2, 0.25) is 0 Å². The zero-order chi connectivity index (χ0) is 9.03. The molecule has 0 radical (unpaired) electrons. The Hall–Kier alpha value is -0.770. The third-order valence-electron chi connectivity index (χ3n) is 2.30. The van der Waals surface area contributed by atoms with E-state index in [1.807, 2.05) is 0 Å². The predicted octanol–water partition coefficient (Wildman–Crippen LogP) is 0.342. The highest BCUT2D eigenvalue weighted by Crippen LogP contribution is 2.22. The molecule has 70 valence electrons. The van der Waals surface area contributed by atoms with Crippen LogP contribution in [0.1, 0.15) is 13.3 Å². The van der Waals surface area contributed by atoms with Crippen molar-refractivity contribution in [2.24, 2.45) is 5.41 Å². The van der Waals surface area contributed by atoms with Crippen LogP contribution < -0.4 is 10.6 Å². The second-order valence-corrected chi connectivity index (χ2v) is 3.58. The summed E-state index contributed by atoms with van der Waals surface area (Å²) in [5.41, 5.74) is 0.203. The number of alkyl carbamates (subject to hydrolysis) is 1. The van der Waals surface area contributed by atoms with Gasteiger partial charge in [-0.25, -0.2) is 4.79 Å². The van der Waals surface area contributed by atoms with Crippen LogP contribution in [0.3, 0.4) is 0 Å². The maximum Gasteiger partial charge on any atom is 0.406 e. The minimum Gasteiger partial charge on any atom is -0.453 e. The molecule has 1 aliphatic rings. The molecule has 1 heterocycles. The first-order chi connectivity index (χ1) is 5.66. The minimum atomic E-state index is -0.344. The van der Waals surface area contributed by atoms with Crippen molar-refractivity contribution in [3.8, 4) is 0 Å². The van der Waals surface area contributed by atoms with E-state index in [1.54, 1.807) is 0 Å². The Bertz CT molecular complexity index is 164. The van der Waals surface area contributed by atoms with Crippen molar-refractivity contribution >= 4 is 6.09 Å². The molecule has 1 rings (SSSR count). The first-order valence-electron chi connectivity index (χ1n) is 4.19. The van der Waals surface area contributed by atoms with Gasteiger partial charge in [-0.2, -0.15) is 0 Å². The monoisotopic (exact) mass is 172 g/mol. The second-order valence-electron chi connectivity index (χ2n) is 3.58. The molecule has 1 aliphatic heterocycles. The molecular weight excluding hydrogens is 156 g/mol. The zero-order valence-electron chi connectivity index (χ0n) is 7.64. The molecule has 0 spiro atoms. The summed E-state index contributed by atoms with van der Waals surface area (Å²) in [6.45, 7) is 4.85. The van der Waals surface area contributed by atoms with Gasteiger partial charge >= 0.3 is 6.09 Å². The minimum absolute atomic E-state index is 0.203. The molecule has 0 bridgehead atoms. The number of nitrogens with one attached hydrogen (secondary N) is 2. The number of carbonyl (C=O) groups is 1. The van der Waals surface area contributed by atoms with Crippen LogP contribution in [0.4, 0.5) is 4.79 Å². The van der Waals surface area contributed by atoms with Crippen LogP contribution in [0.5, 0.6) is 0 Å². The lowest BCUT2D eigenvalue weighted by atomic mass is 9.90. The number of hydrogen-bond donors (Lipinski definition) is 2. The zero-order valence-corrected chi connectivity index (χ0v) is 7.64. The summed E-state index contributed by atoms with van der Waals surface area (Å²) < 4.78 is 4.48. The Kier molecular flexibility index (Phi) is 2.92. The van der Waals surface area contributed by atoms with Crippen LogP contribution in [-0.2, 0) is 4.74 Å². The molecule has 4 nitrogen and oxygen atoms in total. The highest BCUT2D eigenvalue weighted by atomic mass is 16.5. The van der Waals surface area contributed by atoms with E-state index in [-0.39, 0.29) is 11.5 Å². The molecule has 1 unspecified atom stereocenters. The Balaban J connectivity index is 2.25. The van der Waals surface area contributed by atoms with Gasteiger partial charge in [0.2, 0.25) is 0 Å². The van der Waals surface area contributed by atoms with E-state index in [0.717, 1.165) is 19.5 Å². The SMILES string of the molecule is COC(=O)NCC1(C)CCNC1. The first-order valence-corrected chi connectivity index (χ1v) is 4.19. The van der Waals surface area contributed by atoms with Gasteiger partial charge in [0.15, 0.2) is 0 Å². The largest absolute Gasteiger partial charge is 0.453 e. The van der Waals surface area contributed by atoms with Gasteiger partial charge in [0.1, 0.15) is 0 Å². The van der Waals surface area contributed by atoms with Gasteiger partial charge in [0, 0.05) is 13.1 Å². The van der Waals surface area contributed by atoms with Gasteiger partial charge < -0.3 is 15.4 Å². The Morgan fingerprint density at radius 3 is 3.00 bits per heavy atom. The normalized spacial score (nSPS) is 28.5. The van der Waals surface area contributed by atoms with Crippen molar-refractivity contribution in [2.75, 3.05) is 26.7 Å². The molecule has 0 aliphatic carbocycles. The molecule has 1 saturated heterocycles. The summed E-state index contributed by atoms with van der Waals surface area (Å²) >= 11 is 0. The lowest BCUT2D eigenvalue weighted by Crippen LogP contribution is -2.36. The molecule has 0 aromatic rings. The van der Waals surface area contributed by atoms with Crippen molar-refractivity contribution in [1.29, 1.82) is 0 Å². The summed E-state index contributed by atoms with van der Waals surface area (Å²) in [6, 6.07) is 0. The van der Waals surface area contributed by atoms with E-state index in [4.69, 9.17) is 0 Å².